The Balaban J connectivity index is -0.000000132. The Morgan fingerprint density at radius 1 is 0.420 bits per heavy atom. The van der Waals surface area contributed by atoms with Crippen molar-refractivity contribution in [3.8, 4) is 0 Å². The summed E-state index contributed by atoms with van der Waals surface area (Å²) in [5, 5.41) is 9.74. The average molecular weight is 1390 g/mol. The molecule has 3 aromatic carbocycles. The third-order valence-corrected chi connectivity index (χ3v) is 15.2. The van der Waals surface area contributed by atoms with Crippen LogP contribution in [0.25, 0.3) is 32.7 Å². The fraction of sp³-hybridized carbons (Fsp3) is 0.426. The summed E-state index contributed by atoms with van der Waals surface area (Å²) in [5.74, 6) is 4.42. The number of rotatable bonds is 16. The number of hydrogen-bond donors (Lipinski definition) is 1. The number of benzene rings is 3. The van der Waals surface area contributed by atoms with Crippen molar-refractivity contribution < 1.29 is 89.6 Å². The molecule has 0 spiro atoms. The first-order valence-electron chi connectivity index (χ1n) is 26.6. The van der Waals surface area contributed by atoms with E-state index in [2.05, 4.69) is 149 Å². The molecule has 1 N–H and O–H groups in total. The molecular weight excluding hydrogens is 1300 g/mol. The van der Waals surface area contributed by atoms with Gasteiger partial charge in [-0.2, -0.15) is 0 Å². The normalized spacial score (nSPS) is 15.1. The van der Waals surface area contributed by atoms with Crippen LogP contribution >= 0.6 is 34.8 Å². The molecule has 3 fully saturated rings. The molecule has 3 radical (unpaired) electrons. The first kappa shape index (κ1) is 102. The Kier molecular flexibility index (Phi) is 76.3. The van der Waals surface area contributed by atoms with Gasteiger partial charge < -0.3 is 83.2 Å². The average Bonchev–Trinajstić information content (AvgIpc) is 4.32. The second-order valence-corrected chi connectivity index (χ2v) is 21.2. The zero-order valence-electron chi connectivity index (χ0n) is 52.6. The van der Waals surface area contributed by atoms with Gasteiger partial charge >= 0.3 is 0 Å². The van der Waals surface area contributed by atoms with Crippen LogP contribution in [0.1, 0.15) is 100 Å². The molecular formula is C68H93Cl3Mn3N6O8-12. The van der Waals surface area contributed by atoms with E-state index < -0.39 is 0 Å². The van der Waals surface area contributed by atoms with E-state index in [0.717, 1.165) is 87.0 Å². The number of hydrogen-bond acceptors (Lipinski definition) is 14. The standard InChI is InChI=1S/C21H30ClN3.C19H25ClN2.C16H18ClN.8CHO.4CH3.3Mn/c1-25(2)15-18-6-3-5-17(18)14-23-11-4-7-16-10-12-24-21-13-19(22)8-9-20(16)21;1-22(2)13-16-5-3-4-14(16)6-7-15-10-11-21-19-12-17(20)8-9-18(15)19;17-14-7-8-15-13(9-10-18-16(15)11-14)6-5-12-3-1-2-4-12;8*1-2;;;;;;;/h8-10,12-13,17-18,23H,3-7,11,14-15H2,1-2H3;8-12,14,16H,3-7,13H2,1-2H3;7-12H,1-6H2;8*1H;4*1H3;;;/q;;;12*-1;;;. The SMILES string of the molecule is CN(C)CC1CCCC1CCc1ccnc2cc(Cl)ccc12.CN(C)CC1CCCC1CNCCCc1ccnc2cc(Cl)ccc12.Clc1ccc2c(CCC3CCCC3)ccnc2c1.[CH-]=O.[CH-]=O.[CH-]=O.[CH-]=O.[CH-]=O.[CH-]=O.[CH-]=O.[CH-]=O.[CH3-].[CH3-].[CH3-].[CH3-].[Mn].[Mn].[Mn]. The minimum absolute atomic E-state index is 0. The molecule has 3 aromatic heterocycles. The molecule has 497 valence electrons. The van der Waals surface area contributed by atoms with Gasteiger partial charge in [0, 0.05) is 114 Å². The van der Waals surface area contributed by atoms with Crippen LogP contribution in [0.4, 0.5) is 0 Å². The third kappa shape index (κ3) is 38.3. The number of nitrogens with one attached hydrogen (secondary N) is 1. The van der Waals surface area contributed by atoms with Gasteiger partial charge in [-0.25, -0.2) is 0 Å². The number of fused-ring (bicyclic) bond motifs is 3. The molecule has 0 bridgehead atoms. The molecule has 14 nitrogen and oxygen atoms in total. The van der Waals surface area contributed by atoms with Crippen molar-refractivity contribution in [1.82, 2.24) is 30.1 Å². The van der Waals surface area contributed by atoms with Crippen molar-refractivity contribution in [2.45, 2.75) is 103 Å². The van der Waals surface area contributed by atoms with Crippen molar-refractivity contribution in [3.05, 3.63) is 153 Å². The van der Waals surface area contributed by atoms with Crippen molar-refractivity contribution in [1.29, 1.82) is 0 Å². The number of pyridine rings is 3. The molecule has 88 heavy (non-hydrogen) atoms. The fourth-order valence-corrected chi connectivity index (χ4v) is 11.7. The van der Waals surface area contributed by atoms with Gasteiger partial charge in [0.2, 0.25) is 0 Å². The van der Waals surface area contributed by atoms with Crippen LogP contribution in [0.2, 0.25) is 15.1 Å². The van der Waals surface area contributed by atoms with E-state index in [9.17, 15) is 0 Å². The van der Waals surface area contributed by atoms with E-state index in [0.29, 0.717) is 0 Å². The fourth-order valence-electron chi connectivity index (χ4n) is 11.2. The zero-order chi connectivity index (χ0) is 61.5. The molecule has 4 unspecified atom stereocenters. The molecule has 3 aliphatic rings. The second-order valence-electron chi connectivity index (χ2n) is 19.9. The maximum atomic E-state index is 7.75. The summed E-state index contributed by atoms with van der Waals surface area (Å²) in [7, 11) is 8.76. The number of halogens is 3. The quantitative estimate of drug-likeness (QED) is 0.0416. The van der Waals surface area contributed by atoms with Crippen molar-refractivity contribution in [3.63, 3.8) is 0 Å². The van der Waals surface area contributed by atoms with Gasteiger partial charge in [0.15, 0.2) is 0 Å². The van der Waals surface area contributed by atoms with Crippen LogP contribution < -0.4 is 5.32 Å². The van der Waals surface area contributed by atoms with Crippen LogP contribution in [-0.2, 0) is 109 Å². The maximum absolute atomic E-state index is 7.75. The Morgan fingerprint density at radius 3 is 1.10 bits per heavy atom. The predicted octanol–water partition coefficient (Wildman–Crippen LogP) is 13.8. The first-order chi connectivity index (χ1) is 39.6. The Hall–Kier alpha value is -4.44. The smallest absolute Gasteiger partial charge is 0.0719 e. The van der Waals surface area contributed by atoms with Crippen LogP contribution in [-0.4, -0.2) is 133 Å². The van der Waals surface area contributed by atoms with Crippen LogP contribution in [0, 0.1) is 59.3 Å². The van der Waals surface area contributed by atoms with Gasteiger partial charge in [0.25, 0.3) is 0 Å². The number of carbonyl (C=O) groups excluding carboxylic acids is 8. The molecule has 3 aliphatic carbocycles. The molecule has 9 rings (SSSR count). The van der Waals surface area contributed by atoms with Crippen molar-refractivity contribution in [2.24, 2.45) is 29.6 Å². The Morgan fingerprint density at radius 2 is 0.739 bits per heavy atom. The van der Waals surface area contributed by atoms with Crippen molar-refractivity contribution >= 4 is 122 Å². The minimum Gasteiger partial charge on any atom is -0.545 e. The summed E-state index contributed by atoms with van der Waals surface area (Å²) in [6, 6.07) is 24.5. The summed E-state index contributed by atoms with van der Waals surface area (Å²) in [4.78, 5) is 79.9. The molecule has 4 atom stereocenters. The second kappa shape index (κ2) is 65.5. The summed E-state index contributed by atoms with van der Waals surface area (Å²) in [5.41, 5.74) is 7.23. The molecule has 0 amide bonds. The van der Waals surface area contributed by atoms with Crippen molar-refractivity contribution in [2.75, 3.05) is 54.4 Å². The minimum atomic E-state index is 0. The Bertz CT molecular complexity index is 2570. The molecule has 20 heteroatoms. The monoisotopic (exact) mass is 1390 g/mol. The van der Waals surface area contributed by atoms with E-state index in [4.69, 9.17) is 73.2 Å². The van der Waals surface area contributed by atoms with E-state index in [1.165, 1.54) is 136 Å². The van der Waals surface area contributed by atoms with E-state index in [1.807, 2.05) is 55.0 Å². The molecule has 0 aliphatic heterocycles. The van der Waals surface area contributed by atoms with Gasteiger partial charge in [-0.05, 0) is 200 Å². The van der Waals surface area contributed by atoms with Gasteiger partial charge in [0.05, 0.1) is 16.6 Å². The number of nitrogens with zero attached hydrogens (tertiary/aromatic N) is 5. The topological polar surface area (TPSA) is 194 Å². The Labute approximate surface area is 576 Å². The first-order valence-corrected chi connectivity index (χ1v) is 27.7. The zero-order valence-corrected chi connectivity index (χ0v) is 58.4. The van der Waals surface area contributed by atoms with E-state index in [1.54, 1.807) is 0 Å². The van der Waals surface area contributed by atoms with Gasteiger partial charge in [-0.1, -0.05) is 97.9 Å². The van der Waals surface area contributed by atoms with Crippen LogP contribution in [0.3, 0.4) is 0 Å². The van der Waals surface area contributed by atoms with Gasteiger partial charge in [-0.15, -0.1) is 0 Å². The van der Waals surface area contributed by atoms with Gasteiger partial charge in [-0.3, -0.25) is 69.3 Å². The van der Waals surface area contributed by atoms with E-state index >= 15 is 0 Å². The number of aromatic nitrogens is 3. The third-order valence-electron chi connectivity index (χ3n) is 14.5. The maximum Gasteiger partial charge on any atom is 0.0719 e. The largest absolute Gasteiger partial charge is 0.545 e. The molecule has 0 saturated heterocycles. The van der Waals surface area contributed by atoms with E-state index in [-0.39, 0.29) is 80.9 Å². The number of aryl methyl sites for hydroxylation is 3. The summed E-state index contributed by atoms with van der Waals surface area (Å²) >= 11 is 18.2. The summed E-state index contributed by atoms with van der Waals surface area (Å²) < 4.78 is 0. The van der Waals surface area contributed by atoms with Crippen LogP contribution in [0.15, 0.2) is 91.4 Å². The predicted molar refractivity (Wildman–Crippen MR) is 358 cm³/mol. The molecule has 3 heterocycles. The molecule has 3 saturated carbocycles. The van der Waals surface area contributed by atoms with Gasteiger partial charge in [0.1, 0.15) is 0 Å². The summed E-state index contributed by atoms with van der Waals surface area (Å²) in [6.45, 7) is 30.7. The van der Waals surface area contributed by atoms with Crippen LogP contribution in [0.5, 0.6) is 0 Å². The summed E-state index contributed by atoms with van der Waals surface area (Å²) in [6.07, 6.45) is 27.0. The molecule has 6 aromatic rings.